The van der Waals surface area contributed by atoms with Gasteiger partial charge < -0.3 is 19.7 Å². The number of aromatic nitrogens is 3. The van der Waals surface area contributed by atoms with E-state index in [1.54, 1.807) is 7.11 Å². The minimum absolute atomic E-state index is 0.0161. The van der Waals surface area contributed by atoms with Gasteiger partial charge in [-0.05, 0) is 56.1 Å². The fourth-order valence-electron chi connectivity index (χ4n) is 7.04. The first kappa shape index (κ1) is 25.3. The third-order valence-corrected chi connectivity index (χ3v) is 8.97. The van der Waals surface area contributed by atoms with Crippen molar-refractivity contribution < 1.29 is 9.63 Å². The van der Waals surface area contributed by atoms with Gasteiger partial charge >= 0.3 is 0 Å². The molecule has 1 fully saturated rings. The number of aryl methyl sites for hydroxylation is 4. The van der Waals surface area contributed by atoms with Gasteiger partial charge in [-0.3, -0.25) is 19.8 Å². The summed E-state index contributed by atoms with van der Waals surface area (Å²) in [5.41, 5.74) is 13.5. The van der Waals surface area contributed by atoms with Gasteiger partial charge in [0.05, 0.1) is 29.6 Å². The van der Waals surface area contributed by atoms with E-state index in [-0.39, 0.29) is 5.91 Å². The van der Waals surface area contributed by atoms with E-state index < -0.39 is 0 Å². The van der Waals surface area contributed by atoms with E-state index in [9.17, 15) is 4.79 Å². The maximum atomic E-state index is 13.4. The highest BCUT2D eigenvalue weighted by Crippen LogP contribution is 2.47. The second-order valence-corrected chi connectivity index (χ2v) is 11.4. The predicted molar refractivity (Wildman–Crippen MR) is 158 cm³/mol. The van der Waals surface area contributed by atoms with E-state index >= 15 is 0 Å². The summed E-state index contributed by atoms with van der Waals surface area (Å²) < 4.78 is 4.41. The topological polar surface area (TPSA) is 79.6 Å². The van der Waals surface area contributed by atoms with E-state index in [1.165, 1.54) is 27.4 Å². The molecule has 0 saturated carbocycles. The maximum absolute atomic E-state index is 13.4. The molecule has 9 nitrogen and oxygen atoms in total. The van der Waals surface area contributed by atoms with Crippen LogP contribution in [-0.4, -0.2) is 76.9 Å². The lowest BCUT2D eigenvalue weighted by molar-refractivity contribution is 0.0966. The van der Waals surface area contributed by atoms with Gasteiger partial charge in [0, 0.05) is 85.5 Å². The molecule has 2 aliphatic heterocycles. The summed E-state index contributed by atoms with van der Waals surface area (Å²) in [6.45, 7) is 11.2. The van der Waals surface area contributed by atoms with E-state index in [2.05, 4.69) is 63.2 Å². The molecule has 1 saturated heterocycles. The molecule has 40 heavy (non-hydrogen) atoms. The highest BCUT2D eigenvalue weighted by molar-refractivity contribution is 6.19. The number of fused-ring (bicyclic) bond motifs is 10. The number of hydrogen-bond acceptors (Lipinski definition) is 6. The third-order valence-electron chi connectivity index (χ3n) is 8.97. The van der Waals surface area contributed by atoms with E-state index in [0.29, 0.717) is 12.2 Å². The van der Waals surface area contributed by atoms with Crippen molar-refractivity contribution in [1.29, 1.82) is 0 Å². The molecule has 0 radical (unpaired) electrons. The monoisotopic (exact) mass is 539 g/mol. The Morgan fingerprint density at radius 2 is 1.93 bits per heavy atom. The highest BCUT2D eigenvalue weighted by Gasteiger charge is 2.35. The van der Waals surface area contributed by atoms with Crippen LogP contribution in [0.15, 0.2) is 31.0 Å². The van der Waals surface area contributed by atoms with Crippen molar-refractivity contribution in [3.63, 3.8) is 0 Å². The molecule has 1 amide bonds. The lowest BCUT2D eigenvalue weighted by Gasteiger charge is -2.32. The first-order valence-corrected chi connectivity index (χ1v) is 14.3. The summed E-state index contributed by atoms with van der Waals surface area (Å²) in [5.74, 6) is 0.0161. The molecule has 0 atom stereocenters. The molecule has 4 heterocycles. The van der Waals surface area contributed by atoms with Crippen LogP contribution in [0.25, 0.3) is 38.6 Å². The van der Waals surface area contributed by atoms with Crippen molar-refractivity contribution in [3.05, 3.63) is 58.9 Å². The molecule has 2 N–H and O–H groups in total. The second kappa shape index (κ2) is 9.76. The SMILES string of the molecule is C=C(NOC)c1ccc2c(c1)c1c3c(c4c(c1n2CCCN1CCN(C)CC1)CCc1nn(C)cc1-4)C(=O)NC3. The molecule has 4 aromatic rings. The minimum atomic E-state index is 0.0161. The van der Waals surface area contributed by atoms with E-state index in [4.69, 9.17) is 9.94 Å². The summed E-state index contributed by atoms with van der Waals surface area (Å²) in [6.07, 6.45) is 4.91. The number of rotatable bonds is 7. The predicted octanol–water partition coefficient (Wildman–Crippen LogP) is 3.30. The van der Waals surface area contributed by atoms with Crippen LogP contribution in [0.2, 0.25) is 0 Å². The molecule has 0 spiro atoms. The summed E-state index contributed by atoms with van der Waals surface area (Å²) in [6, 6.07) is 6.53. The molecular weight excluding hydrogens is 502 g/mol. The number of carbonyl (C=O) groups is 1. The zero-order valence-electron chi connectivity index (χ0n) is 23.6. The highest BCUT2D eigenvalue weighted by atomic mass is 16.6. The Balaban J connectivity index is 1.43. The Hall–Kier alpha value is -3.66. The molecule has 9 heteroatoms. The van der Waals surface area contributed by atoms with Crippen LogP contribution in [0.3, 0.4) is 0 Å². The number of piperazine rings is 1. The number of carbonyl (C=O) groups excluding carboxylic acids is 1. The van der Waals surface area contributed by atoms with Gasteiger partial charge in [-0.2, -0.15) is 5.10 Å². The second-order valence-electron chi connectivity index (χ2n) is 11.4. The molecule has 208 valence electrons. The zero-order valence-corrected chi connectivity index (χ0v) is 23.6. The van der Waals surface area contributed by atoms with Crippen LogP contribution in [0.5, 0.6) is 0 Å². The zero-order chi connectivity index (χ0) is 27.5. The van der Waals surface area contributed by atoms with Gasteiger partial charge in [-0.1, -0.05) is 12.6 Å². The number of likely N-dealkylation sites (N-methyl/N-ethyl adjacent to an activating group) is 1. The number of hydrogen-bond donors (Lipinski definition) is 2. The molecular formula is C31H37N7O2. The van der Waals surface area contributed by atoms with Gasteiger partial charge in [-0.25, -0.2) is 0 Å². The largest absolute Gasteiger partial charge is 0.348 e. The van der Waals surface area contributed by atoms with E-state index in [0.717, 1.165) is 92.0 Å². The lowest BCUT2D eigenvalue weighted by Crippen LogP contribution is -2.44. The fourth-order valence-corrected chi connectivity index (χ4v) is 7.04. The molecule has 2 aromatic heterocycles. The Morgan fingerprint density at radius 1 is 1.10 bits per heavy atom. The Kier molecular flexibility index (Phi) is 6.18. The standard InChI is InChI=1S/C31H37N7O2/c1-19(34-40-4)20-6-9-26-22(16-20)28-23-17-32-31(39)29(23)27-21(7-8-25-24(27)18-36(3)33-25)30(28)38(26)11-5-10-37-14-12-35(2)13-15-37/h6,9,16,18,34H,1,5,7-8,10-15,17H2,2-4H3,(H,32,39). The maximum Gasteiger partial charge on any atom is 0.252 e. The third kappa shape index (κ3) is 3.95. The summed E-state index contributed by atoms with van der Waals surface area (Å²) in [4.78, 5) is 23.5. The summed E-state index contributed by atoms with van der Waals surface area (Å²) in [7, 11) is 5.77. The van der Waals surface area contributed by atoms with Crippen LogP contribution >= 0.6 is 0 Å². The van der Waals surface area contributed by atoms with Gasteiger partial charge in [0.15, 0.2) is 0 Å². The first-order chi connectivity index (χ1) is 19.4. The number of hydroxylamine groups is 1. The van der Waals surface area contributed by atoms with Crippen molar-refractivity contribution in [2.75, 3.05) is 46.9 Å². The van der Waals surface area contributed by atoms with Crippen molar-refractivity contribution in [1.82, 2.24) is 34.9 Å². The molecule has 0 unspecified atom stereocenters. The summed E-state index contributed by atoms with van der Waals surface area (Å²) in [5, 5.41) is 10.3. The Labute approximate surface area is 234 Å². The lowest BCUT2D eigenvalue weighted by atomic mass is 9.82. The quantitative estimate of drug-likeness (QED) is 0.351. The van der Waals surface area contributed by atoms with Gasteiger partial charge in [-0.15, -0.1) is 0 Å². The van der Waals surface area contributed by atoms with Gasteiger partial charge in [0.25, 0.3) is 5.91 Å². The van der Waals surface area contributed by atoms with Gasteiger partial charge in [0.1, 0.15) is 0 Å². The molecule has 3 aliphatic rings. The minimum Gasteiger partial charge on any atom is -0.348 e. The molecule has 1 aliphatic carbocycles. The number of benzene rings is 2. The summed E-state index contributed by atoms with van der Waals surface area (Å²) >= 11 is 0. The number of nitrogens with one attached hydrogen (secondary N) is 2. The average Bonchev–Trinajstić information content (AvgIpc) is 3.62. The number of amides is 1. The smallest absolute Gasteiger partial charge is 0.252 e. The molecule has 0 bridgehead atoms. The van der Waals surface area contributed by atoms with Crippen LogP contribution in [-0.2, 0) is 37.8 Å². The van der Waals surface area contributed by atoms with Crippen molar-refractivity contribution in [2.45, 2.75) is 32.4 Å². The van der Waals surface area contributed by atoms with Crippen molar-refractivity contribution in [3.8, 4) is 11.1 Å². The van der Waals surface area contributed by atoms with Gasteiger partial charge in [0.2, 0.25) is 0 Å². The first-order valence-electron chi connectivity index (χ1n) is 14.3. The van der Waals surface area contributed by atoms with Crippen LogP contribution in [0.4, 0.5) is 0 Å². The normalized spacial score (nSPS) is 17.2. The Bertz CT molecular complexity index is 1670. The number of nitrogens with zero attached hydrogens (tertiary/aromatic N) is 5. The molecule has 2 aromatic carbocycles. The van der Waals surface area contributed by atoms with Crippen molar-refractivity contribution in [2.24, 2.45) is 7.05 Å². The van der Waals surface area contributed by atoms with Crippen LogP contribution < -0.4 is 10.8 Å². The Morgan fingerprint density at radius 3 is 2.73 bits per heavy atom. The fraction of sp³-hybridized carbons (Fsp3) is 0.419. The molecule has 7 rings (SSSR count). The van der Waals surface area contributed by atoms with Crippen molar-refractivity contribution >= 4 is 33.4 Å². The van der Waals surface area contributed by atoms with Crippen LogP contribution in [0.1, 0.15) is 39.2 Å². The van der Waals surface area contributed by atoms with E-state index in [1.807, 2.05) is 11.7 Å². The van der Waals surface area contributed by atoms with Crippen LogP contribution in [0, 0.1) is 0 Å². The average molecular weight is 540 g/mol.